The molecule has 1 rings (SSSR count). The largest absolute Gasteiger partial charge is 0.392 e. The molecule has 1 heterocycles. The molecule has 14 heavy (non-hydrogen) atoms. The maximum absolute atomic E-state index is 5.63. The van der Waals surface area contributed by atoms with Crippen molar-refractivity contribution in [2.75, 3.05) is 6.54 Å². The molecule has 0 saturated heterocycles. The fourth-order valence-electron chi connectivity index (χ4n) is 1.31. The quantitative estimate of drug-likeness (QED) is 0.784. The molecule has 0 aliphatic rings. The summed E-state index contributed by atoms with van der Waals surface area (Å²) in [6.07, 6.45) is 0. The van der Waals surface area contributed by atoms with Crippen LogP contribution in [0.1, 0.15) is 18.7 Å². The second-order valence-electron chi connectivity index (χ2n) is 3.22. The van der Waals surface area contributed by atoms with Crippen LogP contribution in [0.2, 0.25) is 0 Å². The Hall–Kier alpha value is -0.450. The summed E-state index contributed by atoms with van der Waals surface area (Å²) in [5.74, 6) is 0. The first kappa shape index (κ1) is 11.6. The van der Waals surface area contributed by atoms with Crippen LogP contribution in [0.15, 0.2) is 17.5 Å². The summed E-state index contributed by atoms with van der Waals surface area (Å²) < 4.78 is 0. The lowest BCUT2D eigenvalue weighted by Gasteiger charge is -2.26. The Morgan fingerprint density at radius 2 is 2.43 bits per heavy atom. The Kier molecular flexibility index (Phi) is 4.51. The Morgan fingerprint density at radius 3 is 2.86 bits per heavy atom. The highest BCUT2D eigenvalue weighted by Crippen LogP contribution is 2.13. The molecule has 2 nitrogen and oxygen atoms in total. The molecular formula is C10H16N2S2. The van der Waals surface area contributed by atoms with E-state index in [0.717, 1.165) is 13.1 Å². The average molecular weight is 228 g/mol. The minimum atomic E-state index is 0.178. The predicted molar refractivity (Wildman–Crippen MR) is 66.7 cm³/mol. The van der Waals surface area contributed by atoms with Gasteiger partial charge in [-0.3, -0.25) is 4.90 Å². The number of hydrogen-bond acceptors (Lipinski definition) is 3. The zero-order valence-corrected chi connectivity index (χ0v) is 10.2. The minimum Gasteiger partial charge on any atom is -0.392 e. The van der Waals surface area contributed by atoms with Gasteiger partial charge in [-0.15, -0.1) is 11.3 Å². The molecular weight excluding hydrogens is 212 g/mol. The van der Waals surface area contributed by atoms with E-state index < -0.39 is 0 Å². The van der Waals surface area contributed by atoms with Gasteiger partial charge >= 0.3 is 0 Å². The lowest BCUT2D eigenvalue weighted by Crippen LogP contribution is -2.40. The molecule has 0 aromatic carbocycles. The molecule has 1 aromatic heterocycles. The zero-order valence-electron chi connectivity index (χ0n) is 8.56. The van der Waals surface area contributed by atoms with Crippen LogP contribution < -0.4 is 5.73 Å². The van der Waals surface area contributed by atoms with E-state index in [1.54, 1.807) is 11.3 Å². The number of likely N-dealkylation sites (N-methyl/N-ethyl adjacent to an activating group) is 1. The maximum Gasteiger partial charge on any atom is 0.0899 e. The van der Waals surface area contributed by atoms with Gasteiger partial charge in [-0.05, 0) is 24.9 Å². The lowest BCUT2D eigenvalue weighted by molar-refractivity contribution is 0.261. The van der Waals surface area contributed by atoms with Crippen molar-refractivity contribution in [3.63, 3.8) is 0 Å². The van der Waals surface area contributed by atoms with E-state index in [0.29, 0.717) is 4.99 Å². The van der Waals surface area contributed by atoms with Gasteiger partial charge in [-0.25, -0.2) is 0 Å². The summed E-state index contributed by atoms with van der Waals surface area (Å²) in [5.41, 5.74) is 5.63. The SMILES string of the molecule is CCN(Cc1cccs1)C(C)C(N)=S. The standard InChI is InChI=1S/C10H16N2S2/c1-3-12(8(2)10(11)13)7-9-5-4-6-14-9/h4-6,8H,3,7H2,1-2H3,(H2,11,13). The van der Waals surface area contributed by atoms with E-state index in [9.17, 15) is 0 Å². The topological polar surface area (TPSA) is 29.3 Å². The van der Waals surface area contributed by atoms with E-state index >= 15 is 0 Å². The molecule has 0 saturated carbocycles. The van der Waals surface area contributed by atoms with Gasteiger partial charge in [0.05, 0.1) is 11.0 Å². The number of nitrogens with zero attached hydrogens (tertiary/aromatic N) is 1. The Morgan fingerprint density at radius 1 is 1.71 bits per heavy atom. The molecule has 0 amide bonds. The molecule has 0 aliphatic heterocycles. The average Bonchev–Trinajstić information content (AvgIpc) is 2.65. The van der Waals surface area contributed by atoms with Crippen molar-refractivity contribution in [2.24, 2.45) is 5.73 Å². The van der Waals surface area contributed by atoms with Crippen LogP contribution >= 0.6 is 23.6 Å². The maximum atomic E-state index is 5.63. The monoisotopic (exact) mass is 228 g/mol. The summed E-state index contributed by atoms with van der Waals surface area (Å²) in [4.78, 5) is 4.20. The molecule has 2 N–H and O–H groups in total. The third kappa shape index (κ3) is 3.04. The Bertz CT molecular complexity index is 282. The van der Waals surface area contributed by atoms with Gasteiger partial charge < -0.3 is 5.73 Å². The fraction of sp³-hybridized carbons (Fsp3) is 0.500. The predicted octanol–water partition coefficient (Wildman–Crippen LogP) is 2.24. The second-order valence-corrected chi connectivity index (χ2v) is 4.72. The van der Waals surface area contributed by atoms with Gasteiger partial charge in [0.25, 0.3) is 0 Å². The van der Waals surface area contributed by atoms with Gasteiger partial charge in [0.2, 0.25) is 0 Å². The molecule has 0 spiro atoms. The fourth-order valence-corrected chi connectivity index (χ4v) is 2.18. The minimum absolute atomic E-state index is 0.178. The van der Waals surface area contributed by atoms with E-state index in [1.165, 1.54) is 4.88 Å². The van der Waals surface area contributed by atoms with Crippen molar-refractivity contribution in [2.45, 2.75) is 26.4 Å². The van der Waals surface area contributed by atoms with E-state index in [1.807, 2.05) is 0 Å². The molecule has 1 atom stereocenters. The van der Waals surface area contributed by atoms with E-state index in [4.69, 9.17) is 18.0 Å². The van der Waals surface area contributed by atoms with Gasteiger partial charge in [-0.1, -0.05) is 25.2 Å². The lowest BCUT2D eigenvalue weighted by atomic mass is 10.2. The van der Waals surface area contributed by atoms with E-state index in [2.05, 4.69) is 36.3 Å². The molecule has 0 radical (unpaired) electrons. The van der Waals surface area contributed by atoms with Gasteiger partial charge in [0.15, 0.2) is 0 Å². The van der Waals surface area contributed by atoms with Crippen LogP contribution in [0.5, 0.6) is 0 Å². The highest BCUT2D eigenvalue weighted by Gasteiger charge is 2.14. The van der Waals surface area contributed by atoms with Crippen molar-refractivity contribution in [1.29, 1.82) is 0 Å². The molecule has 0 fully saturated rings. The number of thiocarbonyl (C=S) groups is 1. The van der Waals surface area contributed by atoms with Crippen molar-refractivity contribution < 1.29 is 0 Å². The number of thiophene rings is 1. The van der Waals surface area contributed by atoms with Crippen LogP contribution in [-0.4, -0.2) is 22.5 Å². The van der Waals surface area contributed by atoms with Gasteiger partial charge in [0.1, 0.15) is 0 Å². The third-order valence-electron chi connectivity index (χ3n) is 2.30. The van der Waals surface area contributed by atoms with Crippen molar-refractivity contribution in [3.8, 4) is 0 Å². The first-order valence-corrected chi connectivity index (χ1v) is 5.99. The zero-order chi connectivity index (χ0) is 10.6. The molecule has 1 unspecified atom stereocenters. The highest BCUT2D eigenvalue weighted by atomic mass is 32.1. The second kappa shape index (κ2) is 5.44. The molecule has 0 aliphatic carbocycles. The van der Waals surface area contributed by atoms with E-state index in [-0.39, 0.29) is 6.04 Å². The van der Waals surface area contributed by atoms with Gasteiger partial charge in [-0.2, -0.15) is 0 Å². The number of rotatable bonds is 5. The summed E-state index contributed by atoms with van der Waals surface area (Å²) in [7, 11) is 0. The van der Waals surface area contributed by atoms with Crippen LogP contribution in [0.4, 0.5) is 0 Å². The molecule has 0 bridgehead atoms. The summed E-state index contributed by atoms with van der Waals surface area (Å²) in [6.45, 7) is 6.09. The van der Waals surface area contributed by atoms with Crippen molar-refractivity contribution in [3.05, 3.63) is 22.4 Å². The van der Waals surface area contributed by atoms with Crippen LogP contribution in [0, 0.1) is 0 Å². The molecule has 1 aromatic rings. The van der Waals surface area contributed by atoms with Crippen molar-refractivity contribution >= 4 is 28.5 Å². The van der Waals surface area contributed by atoms with Gasteiger partial charge in [0, 0.05) is 11.4 Å². The first-order chi connectivity index (χ1) is 6.65. The van der Waals surface area contributed by atoms with Crippen LogP contribution in [-0.2, 0) is 6.54 Å². The third-order valence-corrected chi connectivity index (χ3v) is 3.51. The molecule has 78 valence electrons. The number of hydrogen-bond donors (Lipinski definition) is 1. The summed E-state index contributed by atoms with van der Waals surface area (Å²) in [5, 5.41) is 2.09. The highest BCUT2D eigenvalue weighted by molar-refractivity contribution is 7.80. The number of nitrogens with two attached hydrogens (primary N) is 1. The summed E-state index contributed by atoms with van der Waals surface area (Å²) in [6, 6.07) is 4.39. The normalized spacial score (nSPS) is 13.1. The molecule has 4 heteroatoms. The smallest absolute Gasteiger partial charge is 0.0899 e. The Labute approximate surface area is 94.7 Å². The van der Waals surface area contributed by atoms with Crippen LogP contribution in [0.3, 0.4) is 0 Å². The van der Waals surface area contributed by atoms with Crippen molar-refractivity contribution in [1.82, 2.24) is 4.90 Å². The van der Waals surface area contributed by atoms with Crippen LogP contribution in [0.25, 0.3) is 0 Å². The summed E-state index contributed by atoms with van der Waals surface area (Å²) >= 11 is 6.77. The first-order valence-electron chi connectivity index (χ1n) is 4.71. The Balaban J connectivity index is 2.59.